The molecule has 0 aliphatic carbocycles. The highest BCUT2D eigenvalue weighted by Gasteiger charge is 2.50. The molecule has 136 valence electrons. The maximum Gasteiger partial charge on any atom is 0.187 e. The molecule has 8 N–H and O–H groups in total. The molecular formula is C12H22O11. The quantitative estimate of drug-likeness (QED) is 0.243. The summed E-state index contributed by atoms with van der Waals surface area (Å²) in [5.74, 6) is 0. The molecular weight excluding hydrogens is 320 g/mol. The summed E-state index contributed by atoms with van der Waals surface area (Å²) in [5, 5.41) is 76.5. The van der Waals surface area contributed by atoms with Gasteiger partial charge >= 0.3 is 0 Å². The first-order valence-corrected chi connectivity index (χ1v) is 7.08. The molecule has 2 aliphatic heterocycles. The third kappa shape index (κ3) is 3.65. The van der Waals surface area contributed by atoms with E-state index in [1.54, 1.807) is 0 Å². The van der Waals surface area contributed by atoms with Gasteiger partial charge in [0, 0.05) is 0 Å². The highest BCUT2D eigenvalue weighted by atomic mass is 16.7. The molecule has 0 saturated carbocycles. The van der Waals surface area contributed by atoms with Crippen LogP contribution in [0.1, 0.15) is 0 Å². The molecule has 0 unspecified atom stereocenters. The molecule has 23 heavy (non-hydrogen) atoms. The Hall–Kier alpha value is -0.440. The maximum absolute atomic E-state index is 9.94. The van der Waals surface area contributed by atoms with Crippen molar-refractivity contribution in [3.8, 4) is 0 Å². The molecule has 2 heterocycles. The normalized spacial score (nSPS) is 51.7. The van der Waals surface area contributed by atoms with Gasteiger partial charge in [-0.1, -0.05) is 0 Å². The molecule has 11 nitrogen and oxygen atoms in total. The summed E-state index contributed by atoms with van der Waals surface area (Å²) in [6, 6.07) is 0. The van der Waals surface area contributed by atoms with Crippen LogP contribution in [0.2, 0.25) is 0 Å². The van der Waals surface area contributed by atoms with Crippen LogP contribution in [-0.4, -0.2) is 115 Å². The van der Waals surface area contributed by atoms with Gasteiger partial charge in [-0.05, 0) is 0 Å². The summed E-state index contributed by atoms with van der Waals surface area (Å²) >= 11 is 0. The molecule has 11 heteroatoms. The predicted octanol–water partition coefficient (Wildman–Crippen LogP) is -5.40. The minimum absolute atomic E-state index is 0.667. The van der Waals surface area contributed by atoms with Gasteiger partial charge in [-0.15, -0.1) is 0 Å². The number of aliphatic hydroxyl groups is 8. The summed E-state index contributed by atoms with van der Waals surface area (Å²) in [7, 11) is 0. The molecule has 0 aromatic rings. The van der Waals surface area contributed by atoms with Crippen LogP contribution in [0.5, 0.6) is 0 Å². The van der Waals surface area contributed by atoms with Crippen LogP contribution in [0.4, 0.5) is 0 Å². The van der Waals surface area contributed by atoms with Crippen molar-refractivity contribution in [3.05, 3.63) is 0 Å². The monoisotopic (exact) mass is 342 g/mol. The summed E-state index contributed by atoms with van der Waals surface area (Å²) in [5.41, 5.74) is 0. The van der Waals surface area contributed by atoms with E-state index < -0.39 is 74.6 Å². The van der Waals surface area contributed by atoms with E-state index in [1.165, 1.54) is 0 Å². The topological polar surface area (TPSA) is 190 Å². The van der Waals surface area contributed by atoms with Gasteiger partial charge in [0.15, 0.2) is 12.6 Å². The number of aliphatic hydroxyl groups excluding tert-OH is 8. The second kappa shape index (κ2) is 7.63. The van der Waals surface area contributed by atoms with Gasteiger partial charge in [0.1, 0.15) is 48.8 Å². The lowest BCUT2D eigenvalue weighted by Crippen LogP contribution is -2.64. The number of rotatable bonds is 4. The Bertz CT molecular complexity index is 378. The Morgan fingerprint density at radius 3 is 1.83 bits per heavy atom. The summed E-state index contributed by atoms with van der Waals surface area (Å²) in [6.45, 7) is -1.35. The maximum atomic E-state index is 9.94. The van der Waals surface area contributed by atoms with Crippen molar-refractivity contribution in [2.75, 3.05) is 13.2 Å². The summed E-state index contributed by atoms with van der Waals surface area (Å²) < 4.78 is 15.3. The Morgan fingerprint density at radius 2 is 1.26 bits per heavy atom. The fourth-order valence-corrected chi connectivity index (χ4v) is 2.57. The van der Waals surface area contributed by atoms with Gasteiger partial charge in [-0.25, -0.2) is 0 Å². The second-order valence-electron chi connectivity index (χ2n) is 5.53. The lowest BCUT2D eigenvalue weighted by atomic mass is 9.97. The lowest BCUT2D eigenvalue weighted by molar-refractivity contribution is -0.355. The highest BCUT2D eigenvalue weighted by Crippen LogP contribution is 2.28. The predicted molar refractivity (Wildman–Crippen MR) is 68.6 cm³/mol. The first-order valence-electron chi connectivity index (χ1n) is 7.08. The molecule has 0 aromatic heterocycles. The van der Waals surface area contributed by atoms with Crippen LogP contribution in [0.25, 0.3) is 0 Å². The van der Waals surface area contributed by atoms with E-state index in [-0.39, 0.29) is 0 Å². The number of hydrogen-bond acceptors (Lipinski definition) is 11. The van der Waals surface area contributed by atoms with Gasteiger partial charge in [0.05, 0.1) is 13.2 Å². The van der Waals surface area contributed by atoms with Crippen molar-refractivity contribution in [1.29, 1.82) is 0 Å². The molecule has 0 radical (unpaired) electrons. The zero-order chi connectivity index (χ0) is 17.3. The zero-order valence-corrected chi connectivity index (χ0v) is 12.0. The molecule has 0 bridgehead atoms. The van der Waals surface area contributed by atoms with Crippen LogP contribution >= 0.6 is 0 Å². The largest absolute Gasteiger partial charge is 0.394 e. The standard InChI is InChI=1S/C12H22O11/c13-1-3-5(15)6(16)9(19)12(22-3)23-10-4(2-14)21-11(20)8(18)7(10)17/h3-20H,1-2H2/t3-,4-,5+,6+,7-,8+,9-,10+,11+,12-/m0/s1. The first kappa shape index (κ1) is 18.9. The van der Waals surface area contributed by atoms with Gasteiger partial charge in [-0.3, -0.25) is 0 Å². The van der Waals surface area contributed by atoms with Crippen molar-refractivity contribution < 1.29 is 55.1 Å². The number of hydrogen-bond donors (Lipinski definition) is 8. The Morgan fingerprint density at radius 1 is 0.652 bits per heavy atom. The Labute approximate surface area is 130 Å². The average molecular weight is 342 g/mol. The number of ether oxygens (including phenoxy) is 3. The molecule has 0 aromatic carbocycles. The van der Waals surface area contributed by atoms with Crippen LogP contribution in [0, 0.1) is 0 Å². The van der Waals surface area contributed by atoms with E-state index in [2.05, 4.69) is 0 Å². The fraction of sp³-hybridized carbons (Fsp3) is 1.00. The summed E-state index contributed by atoms with van der Waals surface area (Å²) in [6.07, 6.45) is -15.6. The molecule has 10 atom stereocenters. The van der Waals surface area contributed by atoms with Crippen molar-refractivity contribution in [1.82, 2.24) is 0 Å². The van der Waals surface area contributed by atoms with Crippen molar-refractivity contribution in [3.63, 3.8) is 0 Å². The molecule has 0 amide bonds. The third-order valence-electron chi connectivity index (χ3n) is 3.98. The van der Waals surface area contributed by atoms with E-state index >= 15 is 0 Å². The van der Waals surface area contributed by atoms with Gasteiger partial charge in [-0.2, -0.15) is 0 Å². The van der Waals surface area contributed by atoms with E-state index in [0.29, 0.717) is 0 Å². The molecule has 2 rings (SSSR count). The molecule has 0 spiro atoms. The smallest absolute Gasteiger partial charge is 0.187 e. The minimum atomic E-state index is -1.74. The lowest BCUT2D eigenvalue weighted by Gasteiger charge is -2.45. The SMILES string of the molecule is OC[C@@H]1O[C@@H](O[C@H]2[C@@H](O)[C@@H](O)[C@H](O)O[C@H]2CO)[C@@H](O)[C@H](O)[C@@H]1O. The van der Waals surface area contributed by atoms with E-state index in [4.69, 9.17) is 19.3 Å². The molecule has 2 fully saturated rings. The van der Waals surface area contributed by atoms with E-state index in [9.17, 15) is 35.7 Å². The Balaban J connectivity index is 2.11. The van der Waals surface area contributed by atoms with Crippen molar-refractivity contribution >= 4 is 0 Å². The second-order valence-corrected chi connectivity index (χ2v) is 5.53. The van der Waals surface area contributed by atoms with E-state index in [0.717, 1.165) is 0 Å². The fourth-order valence-electron chi connectivity index (χ4n) is 2.57. The van der Waals surface area contributed by atoms with Crippen LogP contribution in [0.15, 0.2) is 0 Å². The minimum Gasteiger partial charge on any atom is -0.394 e. The molecule has 2 saturated heterocycles. The van der Waals surface area contributed by atoms with Crippen molar-refractivity contribution in [2.24, 2.45) is 0 Å². The van der Waals surface area contributed by atoms with Crippen molar-refractivity contribution in [2.45, 2.75) is 61.4 Å². The first-order chi connectivity index (χ1) is 10.8. The van der Waals surface area contributed by atoms with Crippen LogP contribution < -0.4 is 0 Å². The third-order valence-corrected chi connectivity index (χ3v) is 3.98. The van der Waals surface area contributed by atoms with Crippen LogP contribution in [-0.2, 0) is 14.2 Å². The summed E-state index contributed by atoms with van der Waals surface area (Å²) in [4.78, 5) is 0. The highest BCUT2D eigenvalue weighted by molar-refractivity contribution is 4.93. The zero-order valence-electron chi connectivity index (χ0n) is 12.0. The van der Waals surface area contributed by atoms with Crippen LogP contribution in [0.3, 0.4) is 0 Å². The Kier molecular flexibility index (Phi) is 6.27. The van der Waals surface area contributed by atoms with Gasteiger partial charge in [0.25, 0.3) is 0 Å². The van der Waals surface area contributed by atoms with E-state index in [1.807, 2.05) is 0 Å². The van der Waals surface area contributed by atoms with Gasteiger partial charge in [0.2, 0.25) is 0 Å². The molecule has 2 aliphatic rings. The average Bonchev–Trinajstić information content (AvgIpc) is 2.55. The van der Waals surface area contributed by atoms with Gasteiger partial charge < -0.3 is 55.1 Å².